The van der Waals surface area contributed by atoms with Gasteiger partial charge in [0.25, 0.3) is 0 Å². The van der Waals surface area contributed by atoms with Crippen LogP contribution in [0, 0.1) is 5.92 Å². The van der Waals surface area contributed by atoms with Crippen molar-refractivity contribution < 1.29 is 14.3 Å². The summed E-state index contributed by atoms with van der Waals surface area (Å²) in [5.41, 5.74) is 0.220. The fourth-order valence-corrected chi connectivity index (χ4v) is 3.07. The average Bonchev–Trinajstić information content (AvgIpc) is 2.54. The lowest BCUT2D eigenvalue weighted by atomic mass is 9.97. The highest BCUT2D eigenvalue weighted by Crippen LogP contribution is 2.22. The third-order valence-corrected chi connectivity index (χ3v) is 4.51. The average molecular weight is 387 g/mol. The molecule has 1 aromatic carbocycles. The van der Waals surface area contributed by atoms with Crippen LogP contribution in [0.3, 0.4) is 0 Å². The summed E-state index contributed by atoms with van der Waals surface area (Å²) in [7, 11) is 0. The van der Waals surface area contributed by atoms with Gasteiger partial charge in [0.15, 0.2) is 0 Å². The topological polar surface area (TPSA) is 58.6 Å². The maximum atomic E-state index is 12.5. The highest BCUT2D eigenvalue weighted by Gasteiger charge is 2.30. The van der Waals surface area contributed by atoms with E-state index >= 15 is 0 Å². The summed E-state index contributed by atoms with van der Waals surface area (Å²) in [6.45, 7) is 6.76. The van der Waals surface area contributed by atoms with Crippen LogP contribution in [0.25, 0.3) is 0 Å². The van der Waals surface area contributed by atoms with Crippen LogP contribution in [0.1, 0.15) is 39.2 Å². The number of carbonyl (C=O) groups is 2. The molecule has 1 aliphatic heterocycles. The Bertz CT molecular complexity index is 644. The van der Waals surface area contributed by atoms with Crippen molar-refractivity contribution in [3.8, 4) is 0 Å². The van der Waals surface area contributed by atoms with Crippen molar-refractivity contribution in [2.45, 2.75) is 45.8 Å². The summed E-state index contributed by atoms with van der Waals surface area (Å²) in [4.78, 5) is 26.2. The number of ether oxygens (including phenoxy) is 1. The molecule has 1 saturated heterocycles. The van der Waals surface area contributed by atoms with Crippen LogP contribution in [0.4, 0.5) is 4.79 Å². The molecule has 1 atom stereocenters. The Labute approximate surface area is 158 Å². The van der Waals surface area contributed by atoms with Gasteiger partial charge >= 0.3 is 6.09 Å². The number of halogens is 2. The number of nitrogens with one attached hydrogen (secondary N) is 1. The monoisotopic (exact) mass is 386 g/mol. The van der Waals surface area contributed by atoms with E-state index in [0.717, 1.165) is 18.4 Å². The van der Waals surface area contributed by atoms with E-state index in [1.54, 1.807) is 23.1 Å². The molecule has 2 rings (SSSR count). The summed E-state index contributed by atoms with van der Waals surface area (Å²) in [5, 5.41) is 4.01. The molecular formula is C18H24Cl2N2O3. The Morgan fingerprint density at radius 3 is 2.72 bits per heavy atom. The van der Waals surface area contributed by atoms with Gasteiger partial charge in [-0.15, -0.1) is 0 Å². The first-order chi connectivity index (χ1) is 11.7. The van der Waals surface area contributed by atoms with E-state index in [2.05, 4.69) is 5.32 Å². The highest BCUT2D eigenvalue weighted by molar-refractivity contribution is 6.33. The highest BCUT2D eigenvalue weighted by atomic mass is 35.5. The van der Waals surface area contributed by atoms with E-state index in [4.69, 9.17) is 27.9 Å². The van der Waals surface area contributed by atoms with Gasteiger partial charge in [0.2, 0.25) is 5.91 Å². The van der Waals surface area contributed by atoms with Crippen LogP contribution < -0.4 is 5.32 Å². The van der Waals surface area contributed by atoms with Gasteiger partial charge in [-0.3, -0.25) is 4.79 Å². The van der Waals surface area contributed by atoms with Gasteiger partial charge in [-0.25, -0.2) is 4.79 Å². The minimum Gasteiger partial charge on any atom is -0.444 e. The van der Waals surface area contributed by atoms with Crippen LogP contribution in [0.2, 0.25) is 10.0 Å². The van der Waals surface area contributed by atoms with Crippen molar-refractivity contribution >= 4 is 35.2 Å². The molecule has 1 N–H and O–H groups in total. The Morgan fingerprint density at radius 2 is 2.04 bits per heavy atom. The molecular weight excluding hydrogens is 363 g/mol. The smallest absolute Gasteiger partial charge is 0.410 e. The van der Waals surface area contributed by atoms with E-state index in [1.807, 2.05) is 20.8 Å². The first-order valence-corrected chi connectivity index (χ1v) is 9.11. The second kappa shape index (κ2) is 8.28. The van der Waals surface area contributed by atoms with Crippen molar-refractivity contribution in [3.63, 3.8) is 0 Å². The Hall–Kier alpha value is -1.46. The quantitative estimate of drug-likeness (QED) is 0.843. The number of hydrogen-bond donors (Lipinski definition) is 1. The third-order valence-electron chi connectivity index (χ3n) is 3.90. The molecule has 1 aromatic rings. The number of hydrogen-bond acceptors (Lipinski definition) is 3. The number of amides is 2. The lowest BCUT2D eigenvalue weighted by Crippen LogP contribution is -2.46. The first kappa shape index (κ1) is 19.9. The standard InChI is InChI=1S/C18H24Cl2N2O3/c1-18(2,3)25-17(24)22-8-4-5-12(11-22)16(23)21-10-13-9-14(19)6-7-15(13)20/h6-7,9,12H,4-5,8,10-11H2,1-3H3,(H,21,23)/t12-/m0/s1. The molecule has 7 heteroatoms. The van der Waals surface area contributed by atoms with Gasteiger partial charge < -0.3 is 15.0 Å². The van der Waals surface area contributed by atoms with Crippen molar-refractivity contribution in [2.75, 3.05) is 13.1 Å². The van der Waals surface area contributed by atoms with E-state index in [-0.39, 0.29) is 17.9 Å². The van der Waals surface area contributed by atoms with Crippen LogP contribution in [0.5, 0.6) is 0 Å². The zero-order valence-electron chi connectivity index (χ0n) is 14.8. The first-order valence-electron chi connectivity index (χ1n) is 8.35. The van der Waals surface area contributed by atoms with Crippen LogP contribution >= 0.6 is 23.2 Å². The number of carbonyl (C=O) groups excluding carboxylic acids is 2. The minimum atomic E-state index is -0.546. The van der Waals surface area contributed by atoms with Gasteiger partial charge in [-0.1, -0.05) is 23.2 Å². The number of rotatable bonds is 3. The molecule has 1 heterocycles. The van der Waals surface area contributed by atoms with Crippen LogP contribution in [0.15, 0.2) is 18.2 Å². The Kier molecular flexibility index (Phi) is 6.58. The Balaban J connectivity index is 1.91. The fourth-order valence-electron chi connectivity index (χ4n) is 2.69. The van der Waals surface area contributed by atoms with Crippen molar-refractivity contribution in [3.05, 3.63) is 33.8 Å². The molecule has 138 valence electrons. The second-order valence-corrected chi connectivity index (χ2v) is 8.06. The largest absolute Gasteiger partial charge is 0.444 e. The van der Waals surface area contributed by atoms with Crippen molar-refractivity contribution in [2.24, 2.45) is 5.92 Å². The second-order valence-electron chi connectivity index (χ2n) is 7.22. The lowest BCUT2D eigenvalue weighted by molar-refractivity contribution is -0.126. The molecule has 5 nitrogen and oxygen atoms in total. The maximum absolute atomic E-state index is 12.5. The number of likely N-dealkylation sites (tertiary alicyclic amines) is 1. The van der Waals surface area contributed by atoms with Gasteiger partial charge in [0.05, 0.1) is 5.92 Å². The molecule has 2 amide bonds. The lowest BCUT2D eigenvalue weighted by Gasteiger charge is -2.33. The van der Waals surface area contributed by atoms with Crippen molar-refractivity contribution in [1.29, 1.82) is 0 Å². The van der Waals surface area contributed by atoms with Crippen LogP contribution in [-0.2, 0) is 16.1 Å². The molecule has 0 unspecified atom stereocenters. The number of piperidine rings is 1. The summed E-state index contributed by atoms with van der Waals surface area (Å²) in [6.07, 6.45) is 1.15. The molecule has 0 aromatic heterocycles. The molecule has 0 aliphatic carbocycles. The van der Waals surface area contributed by atoms with Gasteiger partial charge in [0.1, 0.15) is 5.60 Å². The fraction of sp³-hybridized carbons (Fsp3) is 0.556. The van der Waals surface area contributed by atoms with Gasteiger partial charge in [-0.05, 0) is 57.4 Å². The van der Waals surface area contributed by atoms with E-state index < -0.39 is 5.60 Å². The zero-order valence-corrected chi connectivity index (χ0v) is 16.3. The molecule has 0 bridgehead atoms. The Morgan fingerprint density at radius 1 is 1.32 bits per heavy atom. The predicted molar refractivity (Wildman–Crippen MR) is 98.8 cm³/mol. The number of nitrogens with zero attached hydrogens (tertiary/aromatic N) is 1. The van der Waals surface area contributed by atoms with E-state index in [1.165, 1.54) is 0 Å². The summed E-state index contributed by atoms with van der Waals surface area (Å²) in [5.74, 6) is -0.344. The summed E-state index contributed by atoms with van der Waals surface area (Å²) < 4.78 is 5.39. The van der Waals surface area contributed by atoms with E-state index in [9.17, 15) is 9.59 Å². The third kappa shape index (κ3) is 6.08. The maximum Gasteiger partial charge on any atom is 0.410 e. The van der Waals surface area contributed by atoms with Crippen LogP contribution in [-0.4, -0.2) is 35.6 Å². The zero-order chi connectivity index (χ0) is 18.6. The normalized spacial score (nSPS) is 18.0. The van der Waals surface area contributed by atoms with Gasteiger partial charge in [0, 0.05) is 29.7 Å². The van der Waals surface area contributed by atoms with Gasteiger partial charge in [-0.2, -0.15) is 0 Å². The predicted octanol–water partition coefficient (Wildman–Crippen LogP) is 4.26. The SMILES string of the molecule is CC(C)(C)OC(=O)N1CCC[C@H](C(=O)NCc2cc(Cl)ccc2Cl)C1. The minimum absolute atomic E-state index is 0.0932. The molecule has 1 aliphatic rings. The molecule has 1 fully saturated rings. The summed E-state index contributed by atoms with van der Waals surface area (Å²) >= 11 is 12.1. The van der Waals surface area contributed by atoms with E-state index in [0.29, 0.717) is 29.7 Å². The number of benzene rings is 1. The summed E-state index contributed by atoms with van der Waals surface area (Å²) in [6, 6.07) is 5.14. The molecule has 25 heavy (non-hydrogen) atoms. The molecule has 0 saturated carbocycles. The molecule has 0 spiro atoms. The molecule has 0 radical (unpaired) electrons. The van der Waals surface area contributed by atoms with Crippen molar-refractivity contribution in [1.82, 2.24) is 10.2 Å².